The van der Waals surface area contributed by atoms with E-state index in [1.54, 1.807) is 40.9 Å². The van der Waals surface area contributed by atoms with Gasteiger partial charge in [0, 0.05) is 35.9 Å². The Bertz CT molecular complexity index is 2080. The van der Waals surface area contributed by atoms with Crippen LogP contribution in [0.2, 0.25) is 0 Å². The number of fused-ring (bicyclic) bond motifs is 1. The third-order valence-corrected chi connectivity index (χ3v) is 7.92. The van der Waals surface area contributed by atoms with Crippen LogP contribution >= 0.6 is 0 Å². The molecule has 0 saturated carbocycles. The summed E-state index contributed by atoms with van der Waals surface area (Å²) in [6.07, 6.45) is -0.747. The number of alkyl halides is 3. The average molecular weight is 665 g/mol. The van der Waals surface area contributed by atoms with Gasteiger partial charge < -0.3 is 20.9 Å². The van der Waals surface area contributed by atoms with Crippen LogP contribution < -0.4 is 16.0 Å². The van der Waals surface area contributed by atoms with E-state index in [9.17, 15) is 18.0 Å². The molecule has 0 fully saturated rings. The maximum atomic E-state index is 13.7. The van der Waals surface area contributed by atoms with Gasteiger partial charge in [-0.3, -0.25) is 4.40 Å². The fourth-order valence-electron chi connectivity index (χ4n) is 5.44. The van der Waals surface area contributed by atoms with Gasteiger partial charge in [-0.1, -0.05) is 54.6 Å². The Morgan fingerprint density at radius 1 is 0.898 bits per heavy atom. The number of nitrogens with zero attached hydrogens (tertiary/aromatic N) is 5. The van der Waals surface area contributed by atoms with Crippen molar-refractivity contribution in [3.05, 3.63) is 126 Å². The maximum Gasteiger partial charge on any atom is 0.416 e. The van der Waals surface area contributed by atoms with E-state index in [0.717, 1.165) is 41.9 Å². The lowest BCUT2D eigenvalue weighted by Gasteiger charge is -2.15. The second kappa shape index (κ2) is 14.2. The van der Waals surface area contributed by atoms with Gasteiger partial charge in [0.2, 0.25) is 5.95 Å². The minimum Gasteiger partial charge on any atom is -0.331 e. The van der Waals surface area contributed by atoms with Crippen molar-refractivity contribution in [2.75, 3.05) is 31.3 Å². The highest BCUT2D eigenvalue weighted by molar-refractivity contribution is 5.91. The summed E-state index contributed by atoms with van der Waals surface area (Å²) in [6, 6.07) is 27.6. The molecule has 1 atom stereocenters. The monoisotopic (exact) mass is 664 g/mol. The maximum absolute atomic E-state index is 13.7. The largest absolute Gasteiger partial charge is 0.416 e. The minimum atomic E-state index is -4.55. The first-order valence-corrected chi connectivity index (χ1v) is 15.7. The first kappa shape index (κ1) is 33.2. The lowest BCUT2D eigenvalue weighted by atomic mass is 10.1. The fraction of sp³-hybridized carbons (Fsp3) is 0.189. The Hall–Kier alpha value is -5.75. The lowest BCUT2D eigenvalue weighted by Crippen LogP contribution is -2.31. The summed E-state index contributed by atoms with van der Waals surface area (Å²) in [5, 5.41) is 9.04. The minimum absolute atomic E-state index is 0.0920. The van der Waals surface area contributed by atoms with Gasteiger partial charge >= 0.3 is 12.2 Å². The molecule has 9 nitrogen and oxygen atoms in total. The molecular formula is C37H35F3N8O. The number of likely N-dealkylation sites (N-methyl/N-ethyl adjacent to an activating group) is 1. The van der Waals surface area contributed by atoms with Crippen molar-refractivity contribution in [3.63, 3.8) is 0 Å². The number of halogens is 3. The number of nitrogens with one attached hydrogen (secondary N) is 3. The molecule has 6 rings (SSSR count). The van der Waals surface area contributed by atoms with Crippen LogP contribution in [0.15, 0.2) is 109 Å². The third kappa shape index (κ3) is 8.04. The zero-order chi connectivity index (χ0) is 34.5. The molecule has 0 spiro atoms. The Kier molecular flexibility index (Phi) is 9.58. The molecular weight excluding hydrogens is 629 g/mol. The molecule has 0 unspecified atom stereocenters. The number of anilines is 3. The van der Waals surface area contributed by atoms with Crippen LogP contribution in [0.4, 0.5) is 35.3 Å². The number of carbonyl (C=O) groups is 1. The molecule has 3 aromatic carbocycles. The molecule has 6 aromatic rings. The molecule has 250 valence electrons. The highest BCUT2D eigenvalue weighted by atomic mass is 19.4. The highest BCUT2D eigenvalue weighted by Gasteiger charge is 2.31. The number of benzene rings is 3. The second-order valence-electron chi connectivity index (χ2n) is 11.9. The van der Waals surface area contributed by atoms with Gasteiger partial charge in [0.05, 0.1) is 28.7 Å². The number of hydrogen-bond acceptors (Lipinski definition) is 6. The summed E-state index contributed by atoms with van der Waals surface area (Å²) in [6.45, 7) is 2.78. The van der Waals surface area contributed by atoms with Crippen molar-refractivity contribution in [1.82, 2.24) is 29.6 Å². The summed E-state index contributed by atoms with van der Waals surface area (Å²) in [5.41, 5.74) is 4.53. The quantitative estimate of drug-likeness (QED) is 0.137. The number of imidazole rings is 1. The molecule has 49 heavy (non-hydrogen) atoms. The van der Waals surface area contributed by atoms with Crippen molar-refractivity contribution in [2.45, 2.75) is 25.6 Å². The molecule has 3 heterocycles. The van der Waals surface area contributed by atoms with Gasteiger partial charge in [0.15, 0.2) is 0 Å². The Morgan fingerprint density at radius 2 is 1.67 bits per heavy atom. The van der Waals surface area contributed by atoms with Gasteiger partial charge in [-0.05, 0) is 81.0 Å². The van der Waals surface area contributed by atoms with E-state index < -0.39 is 17.8 Å². The van der Waals surface area contributed by atoms with E-state index in [4.69, 9.17) is 4.98 Å². The topological polar surface area (TPSA) is 99.5 Å². The number of pyridine rings is 1. The van der Waals surface area contributed by atoms with Gasteiger partial charge in [0.1, 0.15) is 5.65 Å². The molecule has 0 saturated heterocycles. The number of amides is 2. The van der Waals surface area contributed by atoms with Gasteiger partial charge in [0.25, 0.3) is 0 Å². The first-order chi connectivity index (χ1) is 23.5. The van der Waals surface area contributed by atoms with Crippen LogP contribution in [0.1, 0.15) is 29.7 Å². The molecule has 3 N–H and O–H groups in total. The van der Waals surface area contributed by atoms with Crippen LogP contribution in [-0.2, 0) is 12.6 Å². The van der Waals surface area contributed by atoms with Crippen molar-refractivity contribution >= 4 is 29.0 Å². The fourth-order valence-corrected chi connectivity index (χ4v) is 5.44. The van der Waals surface area contributed by atoms with Gasteiger partial charge in [-0.15, -0.1) is 0 Å². The van der Waals surface area contributed by atoms with E-state index in [1.165, 1.54) is 6.20 Å². The van der Waals surface area contributed by atoms with E-state index in [1.807, 2.05) is 69.6 Å². The summed E-state index contributed by atoms with van der Waals surface area (Å²) >= 11 is 0. The number of carbonyl (C=O) groups excluding carboxylic acids is 1. The lowest BCUT2D eigenvalue weighted by molar-refractivity contribution is -0.137. The average Bonchev–Trinajstić information content (AvgIpc) is 3.47. The molecule has 3 aromatic heterocycles. The van der Waals surface area contributed by atoms with Crippen molar-refractivity contribution in [2.24, 2.45) is 0 Å². The van der Waals surface area contributed by atoms with E-state index in [-0.39, 0.29) is 11.7 Å². The number of rotatable bonds is 10. The number of hydrogen-bond donors (Lipinski definition) is 3. The number of aromatic nitrogens is 4. The predicted molar refractivity (Wildman–Crippen MR) is 186 cm³/mol. The smallest absolute Gasteiger partial charge is 0.331 e. The molecule has 0 aliphatic heterocycles. The van der Waals surface area contributed by atoms with Gasteiger partial charge in [-0.2, -0.15) is 13.2 Å². The molecule has 0 aliphatic rings. The van der Waals surface area contributed by atoms with E-state index in [0.29, 0.717) is 34.3 Å². The molecule has 0 bridgehead atoms. The SMILES string of the molecule is C[C@H](NC(=O)Nc1cccc(-c2nc3cc(C(F)(F)F)ccn3c2-c2ccnc(Nc3cccc(CCN(C)C)c3)n2)c1)c1ccccc1. The summed E-state index contributed by atoms with van der Waals surface area (Å²) in [4.78, 5) is 28.8. The normalized spacial score (nSPS) is 12.2. The van der Waals surface area contributed by atoms with E-state index in [2.05, 4.69) is 36.9 Å². The van der Waals surface area contributed by atoms with Crippen LogP contribution in [0.25, 0.3) is 28.3 Å². The highest BCUT2D eigenvalue weighted by Crippen LogP contribution is 2.36. The Labute approximate surface area is 281 Å². The van der Waals surface area contributed by atoms with Crippen molar-refractivity contribution < 1.29 is 18.0 Å². The molecule has 0 aliphatic carbocycles. The second-order valence-corrected chi connectivity index (χ2v) is 11.9. The zero-order valence-corrected chi connectivity index (χ0v) is 27.2. The molecule has 2 amide bonds. The summed E-state index contributed by atoms with van der Waals surface area (Å²) < 4.78 is 42.7. The summed E-state index contributed by atoms with van der Waals surface area (Å²) in [5.74, 6) is 0.315. The molecule has 12 heteroatoms. The predicted octanol–water partition coefficient (Wildman–Crippen LogP) is 8.21. The van der Waals surface area contributed by atoms with Crippen LogP contribution in [0.5, 0.6) is 0 Å². The van der Waals surface area contributed by atoms with Crippen LogP contribution in [0, 0.1) is 0 Å². The first-order valence-electron chi connectivity index (χ1n) is 15.7. The third-order valence-electron chi connectivity index (χ3n) is 7.92. The van der Waals surface area contributed by atoms with Crippen LogP contribution in [-0.4, -0.2) is 50.9 Å². The van der Waals surface area contributed by atoms with Crippen molar-refractivity contribution in [3.8, 4) is 22.6 Å². The standard InChI is InChI=1S/C37H35F3N8O/c1-24(26-10-5-4-6-11-26)42-36(49)44-30-14-8-12-27(22-30)33-34(48-20-17-28(37(38,39)40)23-32(48)46-33)31-15-18-41-35(45-31)43-29-13-7-9-25(21-29)16-19-47(2)3/h4-15,17-18,20-24H,16,19H2,1-3H3,(H,41,43,45)(H2,42,44,49)/t24-/m0/s1. The summed E-state index contributed by atoms with van der Waals surface area (Å²) in [7, 11) is 4.05. The Morgan fingerprint density at radius 3 is 2.45 bits per heavy atom. The van der Waals surface area contributed by atoms with Gasteiger partial charge in [-0.25, -0.2) is 19.7 Å². The van der Waals surface area contributed by atoms with Crippen LogP contribution in [0.3, 0.4) is 0 Å². The number of urea groups is 1. The van der Waals surface area contributed by atoms with Crippen molar-refractivity contribution in [1.29, 1.82) is 0 Å². The van der Waals surface area contributed by atoms with E-state index >= 15 is 0 Å². The zero-order valence-electron chi connectivity index (χ0n) is 27.2. The molecule has 0 radical (unpaired) electrons. The Balaban J connectivity index is 1.34.